The summed E-state index contributed by atoms with van der Waals surface area (Å²) in [6.45, 7) is 3.69. The van der Waals surface area contributed by atoms with Crippen molar-refractivity contribution in [2.45, 2.75) is 12.8 Å². The summed E-state index contributed by atoms with van der Waals surface area (Å²) in [6, 6.07) is 11.9. The number of aromatic nitrogens is 2. The van der Waals surface area contributed by atoms with Crippen LogP contribution >= 0.6 is 0 Å². The van der Waals surface area contributed by atoms with E-state index in [4.69, 9.17) is 0 Å². The number of likely N-dealkylation sites (tertiary alicyclic amines) is 1. The third-order valence-corrected chi connectivity index (χ3v) is 5.19. The Morgan fingerprint density at radius 1 is 1.00 bits per heavy atom. The number of benzene rings is 1. The minimum atomic E-state index is 0.248. The summed E-state index contributed by atoms with van der Waals surface area (Å²) in [5.74, 6) is 2.20. The van der Waals surface area contributed by atoms with Crippen molar-refractivity contribution in [2.24, 2.45) is 11.8 Å². The maximum Gasteiger partial charge on any atom is 0.227 e. The third kappa shape index (κ3) is 3.11. The molecular weight excluding hydrogens is 300 g/mol. The van der Waals surface area contributed by atoms with Gasteiger partial charge in [0.15, 0.2) is 0 Å². The second-order valence-electron chi connectivity index (χ2n) is 6.76. The van der Waals surface area contributed by atoms with Gasteiger partial charge in [0.25, 0.3) is 0 Å². The standard InChI is InChI=1S/C19H22N4O/c24-18(11-15-5-2-1-3-6-15)23-12-16-7-10-22(13-17(16)14-23)19-20-8-4-9-21-19/h1-6,8-9,16-17H,7,10-14H2/t16-,17+/m1/s1. The van der Waals surface area contributed by atoms with Crippen LogP contribution in [-0.2, 0) is 11.2 Å². The van der Waals surface area contributed by atoms with E-state index in [0.717, 1.165) is 44.1 Å². The fourth-order valence-electron chi connectivity index (χ4n) is 3.89. The Labute approximate surface area is 142 Å². The molecule has 1 aromatic carbocycles. The van der Waals surface area contributed by atoms with Crippen LogP contribution in [0.5, 0.6) is 0 Å². The van der Waals surface area contributed by atoms with Gasteiger partial charge in [0.05, 0.1) is 6.42 Å². The van der Waals surface area contributed by atoms with Gasteiger partial charge in [0, 0.05) is 38.6 Å². The number of hydrogen-bond acceptors (Lipinski definition) is 4. The summed E-state index contributed by atoms with van der Waals surface area (Å²) in [5, 5.41) is 0. The molecular formula is C19H22N4O. The first-order chi connectivity index (χ1) is 11.8. The second-order valence-corrected chi connectivity index (χ2v) is 6.76. The van der Waals surface area contributed by atoms with E-state index in [1.54, 1.807) is 12.4 Å². The molecule has 0 radical (unpaired) electrons. The highest BCUT2D eigenvalue weighted by Crippen LogP contribution is 2.32. The molecule has 1 aromatic heterocycles. The van der Waals surface area contributed by atoms with Crippen molar-refractivity contribution in [2.75, 3.05) is 31.1 Å². The minimum Gasteiger partial charge on any atom is -0.342 e. The summed E-state index contributed by atoms with van der Waals surface area (Å²) in [6.07, 6.45) is 5.20. The zero-order chi connectivity index (χ0) is 16.4. The lowest BCUT2D eigenvalue weighted by Gasteiger charge is -2.34. The van der Waals surface area contributed by atoms with Gasteiger partial charge in [-0.05, 0) is 29.9 Å². The predicted octanol–water partition coefficient (Wildman–Crippen LogP) is 2.00. The zero-order valence-electron chi connectivity index (χ0n) is 13.7. The van der Waals surface area contributed by atoms with Crippen LogP contribution in [0.1, 0.15) is 12.0 Å². The molecule has 2 fully saturated rings. The van der Waals surface area contributed by atoms with Crippen LogP contribution < -0.4 is 4.90 Å². The van der Waals surface area contributed by atoms with Gasteiger partial charge in [0.2, 0.25) is 11.9 Å². The summed E-state index contributed by atoms with van der Waals surface area (Å²) < 4.78 is 0. The van der Waals surface area contributed by atoms with Gasteiger partial charge < -0.3 is 9.80 Å². The first kappa shape index (κ1) is 15.1. The predicted molar refractivity (Wildman–Crippen MR) is 92.6 cm³/mol. The molecule has 5 heteroatoms. The molecule has 0 spiro atoms. The molecule has 2 saturated heterocycles. The highest BCUT2D eigenvalue weighted by Gasteiger charge is 2.39. The number of carbonyl (C=O) groups is 1. The number of anilines is 1. The lowest BCUT2D eigenvalue weighted by Crippen LogP contribution is -2.40. The van der Waals surface area contributed by atoms with Gasteiger partial charge in [-0.3, -0.25) is 4.79 Å². The topological polar surface area (TPSA) is 49.3 Å². The smallest absolute Gasteiger partial charge is 0.227 e. The Morgan fingerprint density at radius 2 is 1.75 bits per heavy atom. The van der Waals surface area contributed by atoms with Crippen LogP contribution in [0, 0.1) is 11.8 Å². The molecule has 2 aliphatic rings. The zero-order valence-corrected chi connectivity index (χ0v) is 13.7. The third-order valence-electron chi connectivity index (χ3n) is 5.19. The second kappa shape index (κ2) is 6.59. The minimum absolute atomic E-state index is 0.248. The van der Waals surface area contributed by atoms with E-state index in [2.05, 4.69) is 19.8 Å². The molecule has 0 unspecified atom stereocenters. The number of hydrogen-bond donors (Lipinski definition) is 0. The van der Waals surface area contributed by atoms with E-state index in [-0.39, 0.29) is 5.91 Å². The average Bonchev–Trinajstić information content (AvgIpc) is 3.07. The monoisotopic (exact) mass is 322 g/mol. The van der Waals surface area contributed by atoms with E-state index in [0.29, 0.717) is 18.3 Å². The normalized spacial score (nSPS) is 23.2. The summed E-state index contributed by atoms with van der Waals surface area (Å²) >= 11 is 0. The number of fused-ring (bicyclic) bond motifs is 1. The molecule has 0 N–H and O–H groups in total. The maximum absolute atomic E-state index is 12.6. The Hall–Kier alpha value is -2.43. The van der Waals surface area contributed by atoms with Gasteiger partial charge in [-0.1, -0.05) is 30.3 Å². The quantitative estimate of drug-likeness (QED) is 0.867. The molecule has 0 saturated carbocycles. The Morgan fingerprint density at radius 3 is 2.54 bits per heavy atom. The van der Waals surface area contributed by atoms with Crippen LogP contribution in [0.3, 0.4) is 0 Å². The van der Waals surface area contributed by atoms with Gasteiger partial charge in [0.1, 0.15) is 0 Å². The number of amides is 1. The number of nitrogens with zero attached hydrogens (tertiary/aromatic N) is 4. The molecule has 0 aliphatic carbocycles. The van der Waals surface area contributed by atoms with Crippen LogP contribution in [0.2, 0.25) is 0 Å². The van der Waals surface area contributed by atoms with Gasteiger partial charge in [-0.25, -0.2) is 9.97 Å². The fraction of sp³-hybridized carbons (Fsp3) is 0.421. The molecule has 1 amide bonds. The first-order valence-corrected chi connectivity index (χ1v) is 8.63. The van der Waals surface area contributed by atoms with Crippen LogP contribution in [0.4, 0.5) is 5.95 Å². The molecule has 0 bridgehead atoms. The van der Waals surface area contributed by atoms with E-state index in [9.17, 15) is 4.79 Å². The largest absolute Gasteiger partial charge is 0.342 e. The van der Waals surface area contributed by atoms with Crippen molar-refractivity contribution in [1.82, 2.24) is 14.9 Å². The average molecular weight is 322 g/mol. The summed E-state index contributed by atoms with van der Waals surface area (Å²) in [5.41, 5.74) is 1.09. The van der Waals surface area contributed by atoms with E-state index in [1.165, 1.54) is 0 Å². The summed E-state index contributed by atoms with van der Waals surface area (Å²) in [4.78, 5) is 25.6. The maximum atomic E-state index is 12.6. The first-order valence-electron chi connectivity index (χ1n) is 8.63. The molecule has 3 heterocycles. The van der Waals surface area contributed by atoms with Gasteiger partial charge >= 0.3 is 0 Å². The highest BCUT2D eigenvalue weighted by molar-refractivity contribution is 5.79. The van der Waals surface area contributed by atoms with Crippen molar-refractivity contribution in [3.8, 4) is 0 Å². The van der Waals surface area contributed by atoms with E-state index in [1.807, 2.05) is 36.4 Å². The molecule has 2 aliphatic heterocycles. The lowest BCUT2D eigenvalue weighted by atomic mass is 9.89. The highest BCUT2D eigenvalue weighted by atomic mass is 16.2. The molecule has 2 aromatic rings. The van der Waals surface area contributed by atoms with Gasteiger partial charge in [-0.2, -0.15) is 0 Å². The summed E-state index contributed by atoms with van der Waals surface area (Å²) in [7, 11) is 0. The van der Waals surface area contributed by atoms with Crippen molar-refractivity contribution < 1.29 is 4.79 Å². The van der Waals surface area contributed by atoms with Crippen molar-refractivity contribution in [3.63, 3.8) is 0 Å². The van der Waals surface area contributed by atoms with Crippen molar-refractivity contribution in [1.29, 1.82) is 0 Å². The van der Waals surface area contributed by atoms with Crippen LogP contribution in [0.25, 0.3) is 0 Å². The number of piperidine rings is 1. The molecule has 4 rings (SSSR count). The SMILES string of the molecule is O=C(Cc1ccccc1)N1C[C@H]2CCN(c3ncccn3)C[C@H]2C1. The Bertz CT molecular complexity index is 691. The molecule has 124 valence electrons. The van der Waals surface area contributed by atoms with Crippen molar-refractivity contribution >= 4 is 11.9 Å². The number of carbonyl (C=O) groups excluding carboxylic acids is 1. The van der Waals surface area contributed by atoms with Crippen LogP contribution in [0.15, 0.2) is 48.8 Å². The van der Waals surface area contributed by atoms with Gasteiger partial charge in [-0.15, -0.1) is 0 Å². The van der Waals surface area contributed by atoms with E-state index < -0.39 is 0 Å². The molecule has 5 nitrogen and oxygen atoms in total. The van der Waals surface area contributed by atoms with Crippen molar-refractivity contribution in [3.05, 3.63) is 54.4 Å². The fourth-order valence-corrected chi connectivity index (χ4v) is 3.89. The number of rotatable bonds is 3. The van der Waals surface area contributed by atoms with E-state index >= 15 is 0 Å². The Balaban J connectivity index is 1.38. The lowest BCUT2D eigenvalue weighted by molar-refractivity contribution is -0.129. The van der Waals surface area contributed by atoms with Crippen LogP contribution in [-0.4, -0.2) is 47.0 Å². The molecule has 2 atom stereocenters. The molecule has 24 heavy (non-hydrogen) atoms. The Kier molecular flexibility index (Phi) is 4.15.